The van der Waals surface area contributed by atoms with Crippen LogP contribution in [-0.2, 0) is 17.8 Å². The Hall–Kier alpha value is -2.45. The number of aromatic nitrogens is 2. The molecule has 0 atom stereocenters. The van der Waals surface area contributed by atoms with Gasteiger partial charge in [0.2, 0.25) is 5.89 Å². The first-order chi connectivity index (χ1) is 12.1. The number of rotatable bonds is 5. The molecule has 1 aromatic carbocycles. The molecular formula is C17H23N5O3. The number of nitrogens with zero attached hydrogens (tertiary/aromatic N) is 4. The minimum atomic E-state index is 0.0476. The Bertz CT molecular complexity index is 740. The van der Waals surface area contributed by atoms with Crippen molar-refractivity contribution in [1.29, 1.82) is 0 Å². The van der Waals surface area contributed by atoms with Crippen molar-refractivity contribution in [3.8, 4) is 0 Å². The Morgan fingerprint density at radius 3 is 2.76 bits per heavy atom. The zero-order valence-corrected chi connectivity index (χ0v) is 14.6. The maximum Gasteiger partial charge on any atom is 0.254 e. The van der Waals surface area contributed by atoms with Gasteiger partial charge in [0.05, 0.1) is 26.3 Å². The third kappa shape index (κ3) is 3.97. The van der Waals surface area contributed by atoms with Gasteiger partial charge >= 0.3 is 0 Å². The number of aryl methyl sites for hydroxylation is 1. The van der Waals surface area contributed by atoms with Crippen molar-refractivity contribution in [2.24, 2.45) is 5.73 Å². The monoisotopic (exact) mass is 345 g/mol. The van der Waals surface area contributed by atoms with Gasteiger partial charge in [-0.05, 0) is 30.7 Å². The van der Waals surface area contributed by atoms with Gasteiger partial charge in [-0.25, -0.2) is 0 Å². The molecule has 1 aliphatic heterocycles. The molecule has 134 valence electrons. The Labute approximate surface area is 146 Å². The molecule has 3 rings (SSSR count). The number of morpholine rings is 1. The van der Waals surface area contributed by atoms with Crippen LogP contribution in [0.25, 0.3) is 0 Å². The lowest BCUT2D eigenvalue weighted by atomic mass is 10.1. The molecule has 0 spiro atoms. The van der Waals surface area contributed by atoms with Gasteiger partial charge in [0.1, 0.15) is 0 Å². The zero-order chi connectivity index (χ0) is 17.8. The standard InChI is InChI=1S/C17H23N5O3/c1-12-9-13(17(23)22-5-7-24-8-6-22)3-4-14(12)21(2)11-15-19-16(10-18)25-20-15/h3-4,9H,5-8,10-11,18H2,1-2H3. The molecule has 25 heavy (non-hydrogen) atoms. The van der Waals surface area contributed by atoms with Crippen LogP contribution >= 0.6 is 0 Å². The van der Waals surface area contributed by atoms with Gasteiger partial charge in [-0.2, -0.15) is 4.98 Å². The highest BCUT2D eigenvalue weighted by atomic mass is 16.5. The van der Waals surface area contributed by atoms with Crippen LogP contribution in [0.2, 0.25) is 0 Å². The minimum absolute atomic E-state index is 0.0476. The number of ether oxygens (including phenoxy) is 1. The van der Waals surface area contributed by atoms with E-state index in [2.05, 4.69) is 10.1 Å². The first kappa shape index (κ1) is 17.4. The topological polar surface area (TPSA) is 97.7 Å². The molecule has 0 saturated carbocycles. The molecule has 1 aromatic heterocycles. The average Bonchev–Trinajstić information content (AvgIpc) is 3.09. The highest BCUT2D eigenvalue weighted by Gasteiger charge is 2.19. The van der Waals surface area contributed by atoms with Crippen molar-refractivity contribution >= 4 is 11.6 Å². The summed E-state index contributed by atoms with van der Waals surface area (Å²) >= 11 is 0. The second kappa shape index (κ2) is 7.62. The number of nitrogens with two attached hydrogens (primary N) is 1. The van der Waals surface area contributed by atoms with Gasteiger partial charge in [0.15, 0.2) is 5.82 Å². The SMILES string of the molecule is Cc1cc(C(=O)N2CCOCC2)ccc1N(C)Cc1noc(CN)n1. The van der Waals surface area contributed by atoms with Crippen LogP contribution in [0, 0.1) is 6.92 Å². The van der Waals surface area contributed by atoms with E-state index < -0.39 is 0 Å². The van der Waals surface area contributed by atoms with Crippen molar-refractivity contribution < 1.29 is 14.1 Å². The van der Waals surface area contributed by atoms with Gasteiger partial charge < -0.3 is 24.8 Å². The van der Waals surface area contributed by atoms with E-state index in [1.165, 1.54) is 0 Å². The fourth-order valence-corrected chi connectivity index (χ4v) is 2.90. The van der Waals surface area contributed by atoms with Gasteiger partial charge in [-0.1, -0.05) is 5.16 Å². The van der Waals surface area contributed by atoms with E-state index in [4.69, 9.17) is 15.0 Å². The summed E-state index contributed by atoms with van der Waals surface area (Å²) in [5.74, 6) is 1.05. The number of benzene rings is 1. The molecule has 8 nitrogen and oxygen atoms in total. The van der Waals surface area contributed by atoms with Crippen LogP contribution in [0.3, 0.4) is 0 Å². The first-order valence-corrected chi connectivity index (χ1v) is 8.29. The molecule has 0 unspecified atom stereocenters. The fourth-order valence-electron chi connectivity index (χ4n) is 2.90. The Morgan fingerprint density at radius 1 is 1.36 bits per heavy atom. The number of hydrogen-bond acceptors (Lipinski definition) is 7. The minimum Gasteiger partial charge on any atom is -0.378 e. The van der Waals surface area contributed by atoms with Crippen LogP contribution in [0.4, 0.5) is 5.69 Å². The maximum atomic E-state index is 12.6. The highest BCUT2D eigenvalue weighted by molar-refractivity contribution is 5.95. The smallest absolute Gasteiger partial charge is 0.254 e. The molecule has 1 fully saturated rings. The van der Waals surface area contributed by atoms with Crippen molar-refractivity contribution in [3.05, 3.63) is 41.0 Å². The van der Waals surface area contributed by atoms with Crippen LogP contribution < -0.4 is 10.6 Å². The van der Waals surface area contributed by atoms with Crippen LogP contribution in [-0.4, -0.2) is 54.3 Å². The molecule has 2 N–H and O–H groups in total. The van der Waals surface area contributed by atoms with Crippen LogP contribution in [0.15, 0.2) is 22.7 Å². The van der Waals surface area contributed by atoms with E-state index in [0.717, 1.165) is 11.3 Å². The third-order valence-corrected chi connectivity index (χ3v) is 4.22. The summed E-state index contributed by atoms with van der Waals surface area (Å²) < 4.78 is 10.3. The molecule has 2 heterocycles. The van der Waals surface area contributed by atoms with Crippen molar-refractivity contribution in [2.75, 3.05) is 38.3 Å². The molecule has 0 aliphatic carbocycles. The van der Waals surface area contributed by atoms with E-state index in [0.29, 0.717) is 50.1 Å². The predicted molar refractivity (Wildman–Crippen MR) is 92.2 cm³/mol. The lowest BCUT2D eigenvalue weighted by Crippen LogP contribution is -2.40. The molecule has 8 heteroatoms. The Kier molecular flexibility index (Phi) is 5.30. The first-order valence-electron chi connectivity index (χ1n) is 8.29. The fraction of sp³-hybridized carbons (Fsp3) is 0.471. The number of anilines is 1. The summed E-state index contributed by atoms with van der Waals surface area (Å²) in [6, 6.07) is 5.73. The second-order valence-electron chi connectivity index (χ2n) is 6.07. The van der Waals surface area contributed by atoms with Gasteiger partial charge in [0, 0.05) is 31.4 Å². The lowest BCUT2D eigenvalue weighted by Gasteiger charge is -2.27. The van der Waals surface area contributed by atoms with E-state index >= 15 is 0 Å². The molecule has 1 saturated heterocycles. The number of amides is 1. The largest absolute Gasteiger partial charge is 0.378 e. The van der Waals surface area contributed by atoms with E-state index in [9.17, 15) is 4.79 Å². The van der Waals surface area contributed by atoms with Crippen molar-refractivity contribution in [2.45, 2.75) is 20.0 Å². The van der Waals surface area contributed by atoms with Crippen molar-refractivity contribution in [1.82, 2.24) is 15.0 Å². The van der Waals surface area contributed by atoms with Crippen LogP contribution in [0.1, 0.15) is 27.6 Å². The average molecular weight is 345 g/mol. The molecular weight excluding hydrogens is 322 g/mol. The number of carbonyl (C=O) groups is 1. The molecule has 2 aromatic rings. The van der Waals surface area contributed by atoms with E-state index in [1.807, 2.05) is 42.0 Å². The Balaban J connectivity index is 1.71. The van der Waals surface area contributed by atoms with Gasteiger partial charge in [-0.15, -0.1) is 0 Å². The molecule has 1 amide bonds. The second-order valence-corrected chi connectivity index (χ2v) is 6.07. The summed E-state index contributed by atoms with van der Waals surface area (Å²) in [6.07, 6.45) is 0. The van der Waals surface area contributed by atoms with Crippen LogP contribution in [0.5, 0.6) is 0 Å². The van der Waals surface area contributed by atoms with Gasteiger partial charge in [-0.3, -0.25) is 4.79 Å². The summed E-state index contributed by atoms with van der Waals surface area (Å²) in [4.78, 5) is 20.6. The van der Waals surface area contributed by atoms with E-state index in [-0.39, 0.29) is 12.5 Å². The zero-order valence-electron chi connectivity index (χ0n) is 14.6. The molecule has 0 bridgehead atoms. The molecule has 1 aliphatic rings. The van der Waals surface area contributed by atoms with E-state index in [1.54, 1.807) is 0 Å². The maximum absolute atomic E-state index is 12.6. The van der Waals surface area contributed by atoms with Gasteiger partial charge in [0.25, 0.3) is 5.91 Å². The number of carbonyl (C=O) groups excluding carboxylic acids is 1. The quantitative estimate of drug-likeness (QED) is 0.861. The Morgan fingerprint density at radius 2 is 2.12 bits per heavy atom. The lowest BCUT2D eigenvalue weighted by molar-refractivity contribution is 0.0303. The van der Waals surface area contributed by atoms with Crippen molar-refractivity contribution in [3.63, 3.8) is 0 Å². The molecule has 0 radical (unpaired) electrons. The summed E-state index contributed by atoms with van der Waals surface area (Å²) in [7, 11) is 1.95. The predicted octanol–water partition coefficient (Wildman–Crippen LogP) is 0.946. The summed E-state index contributed by atoms with van der Waals surface area (Å²) in [5, 5.41) is 3.91. The third-order valence-electron chi connectivity index (χ3n) is 4.22. The normalized spacial score (nSPS) is 14.6. The number of hydrogen-bond donors (Lipinski definition) is 1. The summed E-state index contributed by atoms with van der Waals surface area (Å²) in [6.45, 7) is 5.20. The highest BCUT2D eigenvalue weighted by Crippen LogP contribution is 2.22. The summed E-state index contributed by atoms with van der Waals surface area (Å²) in [5.41, 5.74) is 8.21.